The maximum atomic E-state index is 13.6. The molecule has 0 aliphatic carbocycles. The van der Waals surface area contributed by atoms with Crippen molar-refractivity contribution in [1.82, 2.24) is 10.2 Å². The van der Waals surface area contributed by atoms with Crippen LogP contribution in [-0.2, 0) is 22.6 Å². The van der Waals surface area contributed by atoms with Gasteiger partial charge in [-0.05, 0) is 53.3 Å². The SMILES string of the molecule is CCCCNC(=O)[C@H](Cc1ccccc1)N(Cc1ccc(Cl)cc1)C(=O)COc1ccc(C(C)C)cc1. The minimum Gasteiger partial charge on any atom is -0.484 e. The monoisotopic (exact) mass is 520 g/mol. The Balaban J connectivity index is 1.85. The molecule has 0 aliphatic rings. The fourth-order valence-corrected chi connectivity index (χ4v) is 4.15. The molecule has 0 heterocycles. The number of benzene rings is 3. The van der Waals surface area contributed by atoms with Gasteiger partial charge in [0.15, 0.2) is 6.61 Å². The summed E-state index contributed by atoms with van der Waals surface area (Å²) in [6.45, 7) is 7.02. The Kier molecular flexibility index (Phi) is 11.0. The number of nitrogens with one attached hydrogen (secondary N) is 1. The molecule has 2 amide bonds. The molecule has 37 heavy (non-hydrogen) atoms. The molecule has 0 saturated carbocycles. The number of halogens is 1. The van der Waals surface area contributed by atoms with Crippen molar-refractivity contribution in [1.29, 1.82) is 0 Å². The fraction of sp³-hybridized carbons (Fsp3) is 0.355. The summed E-state index contributed by atoms with van der Waals surface area (Å²) in [7, 11) is 0. The van der Waals surface area contributed by atoms with Gasteiger partial charge in [-0.2, -0.15) is 0 Å². The van der Waals surface area contributed by atoms with Crippen LogP contribution in [0.25, 0.3) is 0 Å². The standard InChI is InChI=1S/C31H37ClN2O3/c1-4-5-19-33-31(36)29(20-24-9-7-6-8-10-24)34(21-25-11-15-27(32)16-12-25)30(35)22-37-28-17-13-26(14-18-28)23(2)3/h6-18,23,29H,4-5,19-22H2,1-3H3,(H,33,36)/t29-/m0/s1. The molecule has 3 rings (SSSR count). The van der Waals surface area contributed by atoms with E-state index in [1.807, 2.05) is 66.7 Å². The lowest BCUT2D eigenvalue weighted by molar-refractivity contribution is -0.142. The molecule has 5 nitrogen and oxygen atoms in total. The number of carbonyl (C=O) groups is 2. The Morgan fingerprint density at radius 3 is 2.22 bits per heavy atom. The fourth-order valence-electron chi connectivity index (χ4n) is 4.02. The second kappa shape index (κ2) is 14.4. The number of hydrogen-bond acceptors (Lipinski definition) is 3. The zero-order valence-electron chi connectivity index (χ0n) is 22.0. The van der Waals surface area contributed by atoms with Gasteiger partial charge >= 0.3 is 0 Å². The molecule has 6 heteroatoms. The molecule has 3 aromatic rings. The van der Waals surface area contributed by atoms with Crippen LogP contribution in [0.4, 0.5) is 0 Å². The van der Waals surface area contributed by atoms with E-state index in [4.69, 9.17) is 16.3 Å². The van der Waals surface area contributed by atoms with Gasteiger partial charge in [0, 0.05) is 24.5 Å². The normalized spacial score (nSPS) is 11.7. The molecule has 1 N–H and O–H groups in total. The largest absolute Gasteiger partial charge is 0.484 e. The molecule has 3 aromatic carbocycles. The van der Waals surface area contributed by atoms with Crippen LogP contribution in [0, 0.1) is 0 Å². The molecule has 0 fully saturated rings. The van der Waals surface area contributed by atoms with Crippen LogP contribution >= 0.6 is 11.6 Å². The third-order valence-electron chi connectivity index (χ3n) is 6.28. The molecule has 0 spiro atoms. The third kappa shape index (κ3) is 8.94. The van der Waals surface area contributed by atoms with Crippen LogP contribution in [0.2, 0.25) is 5.02 Å². The minimum atomic E-state index is -0.686. The first-order valence-corrected chi connectivity index (χ1v) is 13.3. The molecular formula is C31H37ClN2O3. The van der Waals surface area contributed by atoms with Crippen LogP contribution in [-0.4, -0.2) is 35.9 Å². The van der Waals surface area contributed by atoms with Gasteiger partial charge in [-0.1, -0.05) is 93.4 Å². The van der Waals surface area contributed by atoms with Gasteiger partial charge in [0.05, 0.1) is 0 Å². The van der Waals surface area contributed by atoms with Crippen molar-refractivity contribution in [2.24, 2.45) is 0 Å². The lowest BCUT2D eigenvalue weighted by Gasteiger charge is -2.31. The van der Waals surface area contributed by atoms with E-state index in [0.29, 0.717) is 29.7 Å². The highest BCUT2D eigenvalue weighted by atomic mass is 35.5. The number of carbonyl (C=O) groups excluding carboxylic acids is 2. The summed E-state index contributed by atoms with van der Waals surface area (Å²) in [4.78, 5) is 28.7. The van der Waals surface area contributed by atoms with E-state index in [9.17, 15) is 9.59 Å². The topological polar surface area (TPSA) is 58.6 Å². The lowest BCUT2D eigenvalue weighted by Crippen LogP contribution is -2.51. The van der Waals surface area contributed by atoms with E-state index >= 15 is 0 Å². The quantitative estimate of drug-likeness (QED) is 0.265. The van der Waals surface area contributed by atoms with Gasteiger partial charge in [0.2, 0.25) is 5.91 Å². The van der Waals surface area contributed by atoms with Crippen molar-refractivity contribution in [3.8, 4) is 5.75 Å². The highest BCUT2D eigenvalue weighted by Crippen LogP contribution is 2.20. The van der Waals surface area contributed by atoms with E-state index in [1.165, 1.54) is 5.56 Å². The van der Waals surface area contributed by atoms with Crippen molar-refractivity contribution in [3.05, 3.63) is 101 Å². The van der Waals surface area contributed by atoms with Crippen molar-refractivity contribution in [3.63, 3.8) is 0 Å². The first-order chi connectivity index (χ1) is 17.9. The first-order valence-electron chi connectivity index (χ1n) is 13.0. The minimum absolute atomic E-state index is 0.165. The lowest BCUT2D eigenvalue weighted by atomic mass is 10.0. The highest BCUT2D eigenvalue weighted by molar-refractivity contribution is 6.30. The summed E-state index contributed by atoms with van der Waals surface area (Å²) in [5.41, 5.74) is 3.07. The number of nitrogens with zero attached hydrogens (tertiary/aromatic N) is 1. The Hall–Kier alpha value is -3.31. The zero-order chi connectivity index (χ0) is 26.6. The van der Waals surface area contributed by atoms with Crippen molar-refractivity contribution < 1.29 is 14.3 Å². The summed E-state index contributed by atoms with van der Waals surface area (Å²) in [5, 5.41) is 3.65. The molecule has 0 bridgehead atoms. The van der Waals surface area contributed by atoms with Crippen molar-refractivity contribution in [2.45, 2.75) is 58.5 Å². The molecule has 196 valence electrons. The summed E-state index contributed by atoms with van der Waals surface area (Å²) < 4.78 is 5.87. The second-order valence-electron chi connectivity index (χ2n) is 9.51. The maximum absolute atomic E-state index is 13.6. The second-order valence-corrected chi connectivity index (χ2v) is 9.95. The zero-order valence-corrected chi connectivity index (χ0v) is 22.7. The van der Waals surface area contributed by atoms with Crippen molar-refractivity contribution >= 4 is 23.4 Å². The van der Waals surface area contributed by atoms with E-state index in [2.05, 4.69) is 26.1 Å². The maximum Gasteiger partial charge on any atom is 0.261 e. The average molecular weight is 521 g/mol. The molecule has 0 unspecified atom stereocenters. The smallest absolute Gasteiger partial charge is 0.261 e. The van der Waals surface area contributed by atoms with E-state index in [1.54, 1.807) is 17.0 Å². The Morgan fingerprint density at radius 1 is 0.919 bits per heavy atom. The van der Waals surface area contributed by atoms with Gasteiger partial charge < -0.3 is 15.0 Å². The van der Waals surface area contributed by atoms with Crippen molar-refractivity contribution in [2.75, 3.05) is 13.2 Å². The van der Waals surface area contributed by atoms with Gasteiger partial charge in [-0.3, -0.25) is 9.59 Å². The number of ether oxygens (including phenoxy) is 1. The van der Waals surface area contributed by atoms with E-state index < -0.39 is 6.04 Å². The average Bonchev–Trinajstić information content (AvgIpc) is 2.91. The van der Waals surface area contributed by atoms with E-state index in [-0.39, 0.29) is 25.0 Å². The van der Waals surface area contributed by atoms with Gasteiger partial charge in [-0.25, -0.2) is 0 Å². The summed E-state index contributed by atoms with van der Waals surface area (Å²) in [5.74, 6) is 0.613. The Bertz CT molecular complexity index is 1120. The van der Waals surface area contributed by atoms with Crippen LogP contribution in [0.1, 0.15) is 56.2 Å². The summed E-state index contributed by atoms with van der Waals surface area (Å²) >= 11 is 6.09. The summed E-state index contributed by atoms with van der Waals surface area (Å²) in [6, 6.07) is 24.2. The number of rotatable bonds is 13. The highest BCUT2D eigenvalue weighted by Gasteiger charge is 2.30. The Labute approximate surface area is 225 Å². The number of unbranched alkanes of at least 4 members (excludes halogenated alkanes) is 1. The molecule has 0 aliphatic heterocycles. The predicted octanol–water partition coefficient (Wildman–Crippen LogP) is 6.40. The van der Waals surface area contributed by atoms with Crippen LogP contribution in [0.3, 0.4) is 0 Å². The van der Waals surface area contributed by atoms with E-state index in [0.717, 1.165) is 24.0 Å². The Morgan fingerprint density at radius 2 is 1.59 bits per heavy atom. The first kappa shape index (κ1) is 28.3. The van der Waals surface area contributed by atoms with Crippen LogP contribution in [0.15, 0.2) is 78.9 Å². The molecule has 0 saturated heterocycles. The third-order valence-corrected chi connectivity index (χ3v) is 6.53. The number of amides is 2. The van der Waals surface area contributed by atoms with Crippen LogP contribution in [0.5, 0.6) is 5.75 Å². The number of hydrogen-bond donors (Lipinski definition) is 1. The van der Waals surface area contributed by atoms with Gasteiger partial charge in [-0.15, -0.1) is 0 Å². The van der Waals surface area contributed by atoms with Crippen LogP contribution < -0.4 is 10.1 Å². The molecule has 0 radical (unpaired) electrons. The predicted molar refractivity (Wildman–Crippen MR) is 150 cm³/mol. The molecule has 0 aromatic heterocycles. The van der Waals surface area contributed by atoms with Gasteiger partial charge in [0.25, 0.3) is 5.91 Å². The molecular weight excluding hydrogens is 484 g/mol. The summed E-state index contributed by atoms with van der Waals surface area (Å²) in [6.07, 6.45) is 2.26. The molecule has 1 atom stereocenters. The van der Waals surface area contributed by atoms with Gasteiger partial charge in [0.1, 0.15) is 11.8 Å².